The molecule has 3 unspecified atom stereocenters. The number of hydrogen-bond donors (Lipinski definition) is 5. The molecule has 1 aromatic heterocycles. The van der Waals surface area contributed by atoms with Gasteiger partial charge in [0.25, 0.3) is 11.4 Å². The van der Waals surface area contributed by atoms with Crippen LogP contribution in [0.1, 0.15) is 54.7 Å². The van der Waals surface area contributed by atoms with Gasteiger partial charge < -0.3 is 24.4 Å². The van der Waals surface area contributed by atoms with E-state index in [9.17, 15) is 34.0 Å². The van der Waals surface area contributed by atoms with Gasteiger partial charge in [-0.1, -0.05) is 0 Å². The lowest BCUT2D eigenvalue weighted by molar-refractivity contribution is -0.180. The molecular formula is C22H34FN4O11P. The summed E-state index contributed by atoms with van der Waals surface area (Å²) in [6.07, 6.45) is -4.06. The number of halogens is 1. The number of alkyl halides is 1. The molecule has 3 rings (SSSR count). The fraction of sp³-hybridized carbons (Fsp3) is 0.727. The third kappa shape index (κ3) is 5.59. The standard InChI is InChI=1S/C22H34FN4O11P/c1-10(2)35-15(29)12(5)25-39(34,26-13(6)16(30)36-11(3)4)38-17-21(33)20(7,32)18(37-22(17,21)23)27-9-8-14(28)24-19(27)31/h8-13,17-18,32-33H,1-7H3,(H,24,28,31)(H2,25,26,34)/t12?,13?,17?,18-,20+,21+,22-,39?/m1/s1. The van der Waals surface area contributed by atoms with E-state index in [-0.39, 0.29) is 0 Å². The van der Waals surface area contributed by atoms with E-state index in [4.69, 9.17) is 18.7 Å². The van der Waals surface area contributed by atoms with E-state index in [1.807, 2.05) is 4.98 Å². The molecule has 0 radical (unpaired) electrons. The molecule has 2 fully saturated rings. The number of H-pyrrole nitrogens is 1. The Morgan fingerprint density at radius 3 is 1.95 bits per heavy atom. The quantitative estimate of drug-likeness (QED) is 0.167. The van der Waals surface area contributed by atoms with Gasteiger partial charge in [-0.2, -0.15) is 0 Å². The van der Waals surface area contributed by atoms with E-state index >= 15 is 4.39 Å². The summed E-state index contributed by atoms with van der Waals surface area (Å²) in [6, 6.07) is -1.70. The monoisotopic (exact) mass is 580 g/mol. The smallest absolute Gasteiger partial charge is 0.342 e. The van der Waals surface area contributed by atoms with Crippen LogP contribution in [0.3, 0.4) is 0 Å². The minimum Gasteiger partial charge on any atom is -0.462 e. The van der Waals surface area contributed by atoms with Gasteiger partial charge in [-0.3, -0.25) is 33.0 Å². The largest absolute Gasteiger partial charge is 0.462 e. The Labute approximate surface area is 222 Å². The summed E-state index contributed by atoms with van der Waals surface area (Å²) < 4.78 is 51.2. The fourth-order valence-electron chi connectivity index (χ4n) is 4.21. The van der Waals surface area contributed by atoms with Gasteiger partial charge >= 0.3 is 25.3 Å². The topological polar surface area (TPSA) is 208 Å². The first-order chi connectivity index (χ1) is 17.8. The van der Waals surface area contributed by atoms with E-state index < -0.39 is 84.5 Å². The lowest BCUT2D eigenvalue weighted by atomic mass is 9.95. The number of aromatic nitrogens is 2. The van der Waals surface area contributed by atoms with E-state index in [1.54, 1.807) is 27.7 Å². The highest BCUT2D eigenvalue weighted by Crippen LogP contribution is 2.71. The molecule has 1 saturated heterocycles. The summed E-state index contributed by atoms with van der Waals surface area (Å²) in [5.41, 5.74) is -7.25. The zero-order chi connectivity index (χ0) is 29.7. The van der Waals surface area contributed by atoms with Crippen LogP contribution in [0.25, 0.3) is 0 Å². The van der Waals surface area contributed by atoms with Crippen LogP contribution >= 0.6 is 7.67 Å². The van der Waals surface area contributed by atoms with E-state index in [0.717, 1.165) is 19.2 Å². The molecular weight excluding hydrogens is 546 g/mol. The first-order valence-corrected chi connectivity index (χ1v) is 13.8. The van der Waals surface area contributed by atoms with Gasteiger partial charge in [0.2, 0.25) is 0 Å². The summed E-state index contributed by atoms with van der Waals surface area (Å²) in [5, 5.41) is 27.0. The van der Waals surface area contributed by atoms with Crippen molar-refractivity contribution in [2.45, 2.75) is 102 Å². The van der Waals surface area contributed by atoms with Crippen molar-refractivity contribution in [3.63, 3.8) is 0 Å². The fourth-order valence-corrected chi connectivity index (χ4v) is 6.22. The van der Waals surface area contributed by atoms with Crippen molar-refractivity contribution in [3.8, 4) is 0 Å². The Balaban J connectivity index is 1.90. The predicted octanol–water partition coefficient (Wildman–Crippen LogP) is -0.420. The van der Waals surface area contributed by atoms with Gasteiger partial charge in [-0.15, -0.1) is 0 Å². The maximum absolute atomic E-state index is 15.9. The lowest BCUT2D eigenvalue weighted by Crippen LogP contribution is -2.51. The van der Waals surface area contributed by atoms with Gasteiger partial charge in [0.05, 0.1) is 12.2 Å². The molecule has 7 atom stereocenters. The first-order valence-electron chi connectivity index (χ1n) is 12.2. The molecule has 17 heteroatoms. The molecule has 1 aliphatic carbocycles. The van der Waals surface area contributed by atoms with Crippen LogP contribution in [-0.4, -0.2) is 79.2 Å². The zero-order valence-electron chi connectivity index (χ0n) is 22.5. The molecule has 0 amide bonds. The minimum atomic E-state index is -4.63. The molecule has 1 aliphatic heterocycles. The molecule has 0 bridgehead atoms. The number of rotatable bonds is 11. The number of fused-ring (bicyclic) bond motifs is 1. The van der Waals surface area contributed by atoms with Crippen LogP contribution in [0, 0.1) is 0 Å². The number of nitrogens with zero attached hydrogens (tertiary/aromatic N) is 1. The minimum absolute atomic E-state index is 0.524. The van der Waals surface area contributed by atoms with Gasteiger partial charge in [0.15, 0.2) is 17.9 Å². The molecule has 39 heavy (non-hydrogen) atoms. The number of hydrogen-bond acceptors (Lipinski definition) is 11. The Kier molecular flexibility index (Phi) is 8.37. The Morgan fingerprint density at radius 1 is 1.08 bits per heavy atom. The van der Waals surface area contributed by atoms with Crippen LogP contribution in [0.2, 0.25) is 0 Å². The molecule has 1 aromatic rings. The van der Waals surface area contributed by atoms with Crippen LogP contribution < -0.4 is 21.4 Å². The van der Waals surface area contributed by atoms with E-state index in [1.165, 1.54) is 13.8 Å². The highest BCUT2D eigenvalue weighted by molar-refractivity contribution is 7.54. The Bertz CT molecular complexity index is 1250. The second-order valence-corrected chi connectivity index (χ2v) is 12.1. The number of aromatic amines is 1. The Morgan fingerprint density at radius 2 is 1.56 bits per heavy atom. The maximum atomic E-state index is 15.9. The van der Waals surface area contributed by atoms with Crippen molar-refractivity contribution in [3.05, 3.63) is 33.1 Å². The van der Waals surface area contributed by atoms with Crippen molar-refractivity contribution in [2.24, 2.45) is 0 Å². The highest BCUT2D eigenvalue weighted by Gasteiger charge is 2.95. The predicted molar refractivity (Wildman–Crippen MR) is 131 cm³/mol. The molecule has 15 nitrogen and oxygen atoms in total. The van der Waals surface area contributed by atoms with E-state index in [2.05, 4.69) is 10.2 Å². The van der Waals surface area contributed by atoms with Gasteiger partial charge in [-0.05, 0) is 48.5 Å². The second kappa shape index (κ2) is 10.5. The second-order valence-electron chi connectivity index (χ2n) is 10.3. The van der Waals surface area contributed by atoms with E-state index in [0.29, 0.717) is 4.57 Å². The van der Waals surface area contributed by atoms with Crippen LogP contribution in [0.4, 0.5) is 4.39 Å². The molecule has 0 aromatic carbocycles. The zero-order valence-corrected chi connectivity index (χ0v) is 23.4. The summed E-state index contributed by atoms with van der Waals surface area (Å²) in [5.74, 6) is -4.89. The van der Waals surface area contributed by atoms with Crippen LogP contribution in [0.5, 0.6) is 0 Å². The average Bonchev–Trinajstić information content (AvgIpc) is 3.18. The maximum Gasteiger partial charge on any atom is 0.342 e. The number of ether oxygens (including phenoxy) is 3. The van der Waals surface area contributed by atoms with Gasteiger partial charge in [0.1, 0.15) is 17.7 Å². The summed E-state index contributed by atoms with van der Waals surface area (Å²) in [4.78, 5) is 50.2. The van der Waals surface area contributed by atoms with Gasteiger partial charge in [-0.25, -0.2) is 19.4 Å². The summed E-state index contributed by atoms with van der Waals surface area (Å²) in [7, 11) is -4.63. The molecule has 2 aliphatic rings. The third-order valence-corrected chi connectivity index (χ3v) is 8.15. The third-order valence-electron chi connectivity index (χ3n) is 6.18. The van der Waals surface area contributed by atoms with Crippen molar-refractivity contribution < 1.29 is 47.5 Å². The molecule has 1 saturated carbocycles. The number of nitrogens with one attached hydrogen (secondary N) is 3. The molecule has 2 heterocycles. The van der Waals surface area contributed by atoms with Crippen molar-refractivity contribution in [2.75, 3.05) is 0 Å². The Hall–Kier alpha value is -2.46. The van der Waals surface area contributed by atoms with Gasteiger partial charge in [0, 0.05) is 12.3 Å². The number of carbonyl (C=O) groups is 2. The molecule has 5 N–H and O–H groups in total. The normalized spacial score (nSPS) is 32.8. The van der Waals surface area contributed by atoms with Crippen molar-refractivity contribution in [1.82, 2.24) is 19.7 Å². The summed E-state index contributed by atoms with van der Waals surface area (Å²) in [6.45, 7) is 9.84. The number of esters is 2. The van der Waals surface area contributed by atoms with Crippen LogP contribution in [0.15, 0.2) is 21.9 Å². The summed E-state index contributed by atoms with van der Waals surface area (Å²) >= 11 is 0. The first kappa shape index (κ1) is 31.1. The van der Waals surface area contributed by atoms with Crippen molar-refractivity contribution in [1.29, 1.82) is 0 Å². The average molecular weight is 581 g/mol. The SMILES string of the molecule is CC(C)OC(=O)C(C)NP(=O)(NC(C)C(=O)OC(C)C)OC1[C@]2(O)[C@@](C)(O)[C@H](n3ccc(=O)[nH]c3=O)O[C@]12F. The number of carbonyl (C=O) groups excluding carboxylic acids is 2. The van der Waals surface area contributed by atoms with Crippen molar-refractivity contribution >= 4 is 19.6 Å². The molecule has 0 spiro atoms. The van der Waals surface area contributed by atoms with Crippen LogP contribution in [-0.2, 0) is 32.9 Å². The number of aliphatic hydroxyl groups is 2. The molecule has 220 valence electrons. The lowest BCUT2D eigenvalue weighted by Gasteiger charge is -2.33. The highest BCUT2D eigenvalue weighted by atomic mass is 31.2.